The highest BCUT2D eigenvalue weighted by atomic mass is 15.2. The number of hydrogen-bond donors (Lipinski definition) is 2. The number of aromatic amines is 1. The predicted octanol–water partition coefficient (Wildman–Crippen LogP) is 1.79. The van der Waals surface area contributed by atoms with Crippen molar-refractivity contribution in [1.82, 2.24) is 20.2 Å². The number of rotatable bonds is 3. The van der Waals surface area contributed by atoms with Crippen LogP contribution in [0.15, 0.2) is 30.5 Å². The van der Waals surface area contributed by atoms with E-state index in [4.69, 9.17) is 0 Å². The summed E-state index contributed by atoms with van der Waals surface area (Å²) < 4.78 is 0. The molecule has 0 spiro atoms. The Morgan fingerprint density at radius 3 is 2.79 bits per heavy atom. The maximum Gasteiger partial charge on any atom is 0.120 e. The highest BCUT2D eigenvalue weighted by Crippen LogP contribution is 2.21. The zero-order valence-electron chi connectivity index (χ0n) is 11.3. The van der Waals surface area contributed by atoms with E-state index in [1.807, 2.05) is 6.20 Å². The zero-order valence-corrected chi connectivity index (χ0v) is 11.3. The molecule has 1 aromatic carbocycles. The Hall–Kier alpha value is -1.65. The smallest absolute Gasteiger partial charge is 0.120 e. The molecule has 4 heteroatoms. The minimum absolute atomic E-state index is 0.910. The number of nitrogens with zero attached hydrogens (tertiary/aromatic N) is 2. The molecule has 1 aliphatic heterocycles. The summed E-state index contributed by atoms with van der Waals surface area (Å²) in [5, 5.41) is 3.37. The molecule has 2 N–H and O–H groups in total. The maximum atomic E-state index is 4.51. The highest BCUT2D eigenvalue weighted by Gasteiger charge is 2.12. The van der Waals surface area contributed by atoms with Crippen molar-refractivity contribution in [2.75, 3.05) is 26.2 Å². The van der Waals surface area contributed by atoms with Gasteiger partial charge < -0.3 is 10.3 Å². The normalized spacial score (nSPS) is 16.7. The Balaban J connectivity index is 1.74. The van der Waals surface area contributed by atoms with Gasteiger partial charge in [0, 0.05) is 31.7 Å². The van der Waals surface area contributed by atoms with Crippen molar-refractivity contribution in [2.24, 2.45) is 0 Å². The highest BCUT2D eigenvalue weighted by molar-refractivity contribution is 5.62. The SMILES string of the molecule is Cc1ccccc1-c1cnc(CN2CCNCC2)[nH]1. The molecule has 1 fully saturated rings. The molecule has 2 heterocycles. The first-order chi connectivity index (χ1) is 9.33. The lowest BCUT2D eigenvalue weighted by Gasteiger charge is -2.26. The Labute approximate surface area is 113 Å². The molecule has 0 aliphatic carbocycles. The number of aryl methyl sites for hydroxylation is 1. The fraction of sp³-hybridized carbons (Fsp3) is 0.400. The Morgan fingerprint density at radius 1 is 1.21 bits per heavy atom. The molecule has 0 atom stereocenters. The number of imidazole rings is 1. The predicted molar refractivity (Wildman–Crippen MR) is 76.9 cm³/mol. The lowest BCUT2D eigenvalue weighted by molar-refractivity contribution is 0.228. The number of H-pyrrole nitrogens is 1. The van der Waals surface area contributed by atoms with Gasteiger partial charge in [-0.25, -0.2) is 4.98 Å². The Morgan fingerprint density at radius 2 is 2.00 bits per heavy atom. The van der Waals surface area contributed by atoms with Gasteiger partial charge >= 0.3 is 0 Å². The summed E-state index contributed by atoms with van der Waals surface area (Å²) in [7, 11) is 0. The second-order valence-electron chi connectivity index (χ2n) is 5.08. The standard InChI is InChI=1S/C15H20N4/c1-12-4-2-3-5-13(12)14-10-17-15(18-14)11-19-8-6-16-7-9-19/h2-5,10,16H,6-9,11H2,1H3,(H,17,18). The molecule has 19 heavy (non-hydrogen) atoms. The minimum atomic E-state index is 0.910. The molecular formula is C15H20N4. The van der Waals surface area contributed by atoms with Gasteiger partial charge in [0.25, 0.3) is 0 Å². The summed E-state index contributed by atoms with van der Waals surface area (Å²) in [4.78, 5) is 10.4. The molecule has 2 aromatic rings. The molecule has 3 rings (SSSR count). The van der Waals surface area contributed by atoms with Crippen LogP contribution in [-0.2, 0) is 6.54 Å². The van der Waals surface area contributed by atoms with Gasteiger partial charge in [0.1, 0.15) is 5.82 Å². The summed E-state index contributed by atoms with van der Waals surface area (Å²) in [6.07, 6.45) is 1.94. The molecule has 0 amide bonds. The average molecular weight is 256 g/mol. The van der Waals surface area contributed by atoms with E-state index >= 15 is 0 Å². The zero-order chi connectivity index (χ0) is 13.1. The number of piperazine rings is 1. The van der Waals surface area contributed by atoms with Crippen molar-refractivity contribution >= 4 is 0 Å². The molecule has 0 saturated carbocycles. The van der Waals surface area contributed by atoms with Crippen LogP contribution in [0.2, 0.25) is 0 Å². The van der Waals surface area contributed by atoms with Gasteiger partial charge in [-0.15, -0.1) is 0 Å². The van der Waals surface area contributed by atoms with Crippen molar-refractivity contribution in [2.45, 2.75) is 13.5 Å². The average Bonchev–Trinajstić information content (AvgIpc) is 2.89. The first-order valence-corrected chi connectivity index (χ1v) is 6.86. The van der Waals surface area contributed by atoms with E-state index in [0.717, 1.165) is 44.2 Å². The topological polar surface area (TPSA) is 44.0 Å². The van der Waals surface area contributed by atoms with Gasteiger partial charge in [0.2, 0.25) is 0 Å². The lowest BCUT2D eigenvalue weighted by atomic mass is 10.1. The van der Waals surface area contributed by atoms with E-state index in [2.05, 4.69) is 51.4 Å². The van der Waals surface area contributed by atoms with Crippen molar-refractivity contribution in [1.29, 1.82) is 0 Å². The summed E-state index contributed by atoms with van der Waals surface area (Å²) in [5.74, 6) is 1.06. The molecule has 0 unspecified atom stereocenters. The third kappa shape index (κ3) is 2.85. The van der Waals surface area contributed by atoms with Crippen LogP contribution in [0.1, 0.15) is 11.4 Å². The first-order valence-electron chi connectivity index (χ1n) is 6.86. The molecule has 1 aliphatic rings. The van der Waals surface area contributed by atoms with Crippen LogP contribution in [0.4, 0.5) is 0 Å². The van der Waals surface area contributed by atoms with Crippen LogP contribution in [-0.4, -0.2) is 41.0 Å². The second-order valence-corrected chi connectivity index (χ2v) is 5.08. The summed E-state index contributed by atoms with van der Waals surface area (Å²) >= 11 is 0. The summed E-state index contributed by atoms with van der Waals surface area (Å²) in [6, 6.07) is 8.40. The van der Waals surface area contributed by atoms with Gasteiger partial charge in [0.05, 0.1) is 18.4 Å². The van der Waals surface area contributed by atoms with Crippen LogP contribution in [0.5, 0.6) is 0 Å². The fourth-order valence-corrected chi connectivity index (χ4v) is 2.54. The Bertz CT molecular complexity index is 541. The third-order valence-electron chi connectivity index (χ3n) is 3.65. The van der Waals surface area contributed by atoms with Crippen LogP contribution in [0.25, 0.3) is 11.3 Å². The van der Waals surface area contributed by atoms with Gasteiger partial charge in [-0.05, 0) is 12.5 Å². The number of benzene rings is 1. The summed E-state index contributed by atoms with van der Waals surface area (Å²) in [6.45, 7) is 7.39. The number of hydrogen-bond acceptors (Lipinski definition) is 3. The largest absolute Gasteiger partial charge is 0.341 e. The first kappa shape index (κ1) is 12.4. The van der Waals surface area contributed by atoms with E-state index < -0.39 is 0 Å². The lowest BCUT2D eigenvalue weighted by Crippen LogP contribution is -2.43. The van der Waals surface area contributed by atoms with E-state index in [9.17, 15) is 0 Å². The van der Waals surface area contributed by atoms with Gasteiger partial charge in [-0.1, -0.05) is 24.3 Å². The van der Waals surface area contributed by atoms with Crippen molar-refractivity contribution in [3.8, 4) is 11.3 Å². The van der Waals surface area contributed by atoms with Crippen LogP contribution >= 0.6 is 0 Å². The molecule has 1 saturated heterocycles. The number of aromatic nitrogens is 2. The minimum Gasteiger partial charge on any atom is -0.341 e. The van der Waals surface area contributed by atoms with E-state index in [1.54, 1.807) is 0 Å². The summed E-state index contributed by atoms with van der Waals surface area (Å²) in [5.41, 5.74) is 3.63. The van der Waals surface area contributed by atoms with E-state index in [1.165, 1.54) is 11.1 Å². The van der Waals surface area contributed by atoms with E-state index in [0.29, 0.717) is 0 Å². The fourth-order valence-electron chi connectivity index (χ4n) is 2.54. The maximum absolute atomic E-state index is 4.51. The monoisotopic (exact) mass is 256 g/mol. The van der Waals surface area contributed by atoms with Crippen LogP contribution in [0, 0.1) is 6.92 Å². The molecular weight excluding hydrogens is 236 g/mol. The van der Waals surface area contributed by atoms with Crippen molar-refractivity contribution in [3.63, 3.8) is 0 Å². The molecule has 100 valence electrons. The molecule has 4 nitrogen and oxygen atoms in total. The molecule has 0 radical (unpaired) electrons. The number of nitrogens with one attached hydrogen (secondary N) is 2. The molecule has 1 aromatic heterocycles. The van der Waals surface area contributed by atoms with Gasteiger partial charge in [0.15, 0.2) is 0 Å². The third-order valence-corrected chi connectivity index (χ3v) is 3.65. The quantitative estimate of drug-likeness (QED) is 0.880. The van der Waals surface area contributed by atoms with Crippen molar-refractivity contribution < 1.29 is 0 Å². The van der Waals surface area contributed by atoms with E-state index in [-0.39, 0.29) is 0 Å². The molecule has 0 bridgehead atoms. The van der Waals surface area contributed by atoms with Gasteiger partial charge in [-0.3, -0.25) is 4.90 Å². The Kier molecular flexibility index (Phi) is 3.62. The van der Waals surface area contributed by atoms with Crippen LogP contribution in [0.3, 0.4) is 0 Å². The second kappa shape index (κ2) is 5.55. The van der Waals surface area contributed by atoms with Crippen LogP contribution < -0.4 is 5.32 Å². The van der Waals surface area contributed by atoms with Gasteiger partial charge in [-0.2, -0.15) is 0 Å². The van der Waals surface area contributed by atoms with Crippen molar-refractivity contribution in [3.05, 3.63) is 41.9 Å².